The Bertz CT molecular complexity index is 562. The summed E-state index contributed by atoms with van der Waals surface area (Å²) in [7, 11) is 1.80. The molecule has 0 radical (unpaired) electrons. The zero-order valence-corrected chi connectivity index (χ0v) is 14.3. The van der Waals surface area contributed by atoms with Crippen molar-refractivity contribution in [2.24, 2.45) is 11.3 Å². The highest BCUT2D eigenvalue weighted by Crippen LogP contribution is 2.35. The summed E-state index contributed by atoms with van der Waals surface area (Å²) in [6.07, 6.45) is -0.251. The smallest absolute Gasteiger partial charge is 0.255 e. The Hall–Kier alpha value is -1.84. The summed E-state index contributed by atoms with van der Waals surface area (Å²) in [5.41, 5.74) is 0.446. The van der Waals surface area contributed by atoms with Gasteiger partial charge in [-0.25, -0.2) is 0 Å². The minimum atomic E-state index is -0.251. The Balaban J connectivity index is 2.48. The molecule has 3 atom stereocenters. The van der Waals surface area contributed by atoms with Gasteiger partial charge in [-0.3, -0.25) is 9.59 Å². The second-order valence-corrected chi connectivity index (χ2v) is 7.30. The van der Waals surface area contributed by atoms with Gasteiger partial charge in [-0.05, 0) is 19.1 Å². The van der Waals surface area contributed by atoms with Crippen molar-refractivity contribution >= 4 is 11.8 Å². The Labute approximate surface area is 133 Å². The van der Waals surface area contributed by atoms with Crippen molar-refractivity contribution in [3.05, 3.63) is 35.9 Å². The van der Waals surface area contributed by atoms with Gasteiger partial charge in [0.25, 0.3) is 5.91 Å². The molecular weight excluding hydrogens is 276 g/mol. The van der Waals surface area contributed by atoms with Crippen LogP contribution in [0.2, 0.25) is 0 Å². The van der Waals surface area contributed by atoms with Crippen LogP contribution in [0.25, 0.3) is 0 Å². The first-order valence-electron chi connectivity index (χ1n) is 7.80. The Morgan fingerprint density at radius 1 is 1.09 bits per heavy atom. The van der Waals surface area contributed by atoms with Crippen molar-refractivity contribution in [1.82, 2.24) is 9.80 Å². The zero-order chi connectivity index (χ0) is 16.7. The van der Waals surface area contributed by atoms with Gasteiger partial charge in [-0.2, -0.15) is 0 Å². The fourth-order valence-corrected chi connectivity index (χ4v) is 3.32. The van der Waals surface area contributed by atoms with Gasteiger partial charge < -0.3 is 9.80 Å². The molecule has 0 N–H and O–H groups in total. The predicted octanol–water partition coefficient (Wildman–Crippen LogP) is 3.00. The topological polar surface area (TPSA) is 40.6 Å². The van der Waals surface area contributed by atoms with Crippen LogP contribution in [0.1, 0.15) is 45.0 Å². The molecule has 1 aromatic carbocycles. The molecule has 1 fully saturated rings. The van der Waals surface area contributed by atoms with E-state index in [-0.39, 0.29) is 35.4 Å². The number of carbonyl (C=O) groups is 2. The van der Waals surface area contributed by atoms with E-state index in [9.17, 15) is 9.59 Å². The Morgan fingerprint density at radius 3 is 2.14 bits per heavy atom. The van der Waals surface area contributed by atoms with Crippen molar-refractivity contribution in [3.8, 4) is 0 Å². The third kappa shape index (κ3) is 2.74. The molecule has 1 aliphatic rings. The van der Waals surface area contributed by atoms with E-state index in [0.29, 0.717) is 5.56 Å². The van der Waals surface area contributed by atoms with Crippen LogP contribution < -0.4 is 0 Å². The summed E-state index contributed by atoms with van der Waals surface area (Å²) in [5, 5.41) is 0. The number of rotatable bonds is 1. The average molecular weight is 302 g/mol. The van der Waals surface area contributed by atoms with E-state index in [1.807, 2.05) is 49.1 Å². The fraction of sp³-hybridized carbons (Fsp3) is 0.556. The van der Waals surface area contributed by atoms with Crippen molar-refractivity contribution < 1.29 is 9.59 Å². The van der Waals surface area contributed by atoms with Crippen molar-refractivity contribution in [1.29, 1.82) is 0 Å². The Kier molecular flexibility index (Phi) is 4.32. The fourth-order valence-electron chi connectivity index (χ4n) is 3.32. The van der Waals surface area contributed by atoms with Crippen LogP contribution in [0.4, 0.5) is 0 Å². The van der Waals surface area contributed by atoms with Gasteiger partial charge in [0.15, 0.2) is 0 Å². The lowest BCUT2D eigenvalue weighted by Crippen LogP contribution is -2.67. The highest BCUT2D eigenvalue weighted by molar-refractivity contribution is 5.96. The highest BCUT2D eigenvalue weighted by atomic mass is 16.2. The number of hydrogen-bond acceptors (Lipinski definition) is 2. The molecule has 2 amide bonds. The highest BCUT2D eigenvalue weighted by Gasteiger charge is 2.48. The second kappa shape index (κ2) is 5.75. The zero-order valence-electron chi connectivity index (χ0n) is 14.3. The maximum absolute atomic E-state index is 13.1. The van der Waals surface area contributed by atoms with E-state index in [1.54, 1.807) is 11.9 Å². The van der Waals surface area contributed by atoms with E-state index in [0.717, 1.165) is 0 Å². The monoisotopic (exact) mass is 302 g/mol. The standard InChI is InChI=1S/C18H26N2O2/c1-12-13(2)20(16(22)14-10-8-7-9-11-14)17(18(3,4)5)19(6)15(12)21/h7-13,17H,1-6H3/t12-,13-,17+/m0/s1. The van der Waals surface area contributed by atoms with Gasteiger partial charge in [-0.15, -0.1) is 0 Å². The van der Waals surface area contributed by atoms with Gasteiger partial charge in [0.05, 0.1) is 5.92 Å². The molecule has 1 aliphatic heterocycles. The van der Waals surface area contributed by atoms with Crippen LogP contribution in [-0.2, 0) is 4.79 Å². The molecule has 0 spiro atoms. The molecule has 1 heterocycles. The molecule has 1 saturated heterocycles. The first-order valence-corrected chi connectivity index (χ1v) is 7.80. The third-order valence-electron chi connectivity index (χ3n) is 4.56. The second-order valence-electron chi connectivity index (χ2n) is 7.30. The van der Waals surface area contributed by atoms with Crippen molar-refractivity contribution in [3.63, 3.8) is 0 Å². The van der Waals surface area contributed by atoms with Crippen LogP contribution in [0.5, 0.6) is 0 Å². The van der Waals surface area contributed by atoms with E-state index < -0.39 is 0 Å². The lowest BCUT2D eigenvalue weighted by atomic mass is 9.84. The van der Waals surface area contributed by atoms with E-state index >= 15 is 0 Å². The first-order chi connectivity index (χ1) is 10.2. The van der Waals surface area contributed by atoms with Crippen molar-refractivity contribution in [2.75, 3.05) is 7.05 Å². The molecule has 0 unspecified atom stereocenters. The summed E-state index contributed by atoms with van der Waals surface area (Å²) in [5.74, 6) is -0.111. The average Bonchev–Trinajstić information content (AvgIpc) is 2.47. The van der Waals surface area contributed by atoms with Crippen LogP contribution >= 0.6 is 0 Å². The SMILES string of the molecule is C[C@@H]1C(=O)N(C)[C@@H](C(C)(C)C)N(C(=O)c2ccccc2)[C@H]1C. The minimum Gasteiger partial charge on any atom is -0.324 e. The largest absolute Gasteiger partial charge is 0.324 e. The molecule has 0 bridgehead atoms. The van der Waals surface area contributed by atoms with Crippen LogP contribution in [-0.4, -0.2) is 40.9 Å². The normalized spacial score (nSPS) is 26.3. The lowest BCUT2D eigenvalue weighted by molar-refractivity contribution is -0.156. The van der Waals surface area contributed by atoms with Gasteiger partial charge in [0.2, 0.25) is 5.91 Å². The molecule has 0 aromatic heterocycles. The quantitative estimate of drug-likeness (QED) is 0.800. The molecule has 4 nitrogen and oxygen atoms in total. The molecule has 0 aliphatic carbocycles. The van der Waals surface area contributed by atoms with Gasteiger partial charge in [0, 0.05) is 24.1 Å². The maximum atomic E-state index is 13.1. The van der Waals surface area contributed by atoms with E-state index in [1.165, 1.54) is 0 Å². The number of benzene rings is 1. The van der Waals surface area contributed by atoms with Gasteiger partial charge in [-0.1, -0.05) is 45.9 Å². The van der Waals surface area contributed by atoms with Crippen LogP contribution in [0, 0.1) is 11.3 Å². The molecule has 4 heteroatoms. The van der Waals surface area contributed by atoms with Gasteiger partial charge >= 0.3 is 0 Å². The maximum Gasteiger partial charge on any atom is 0.255 e. The summed E-state index contributed by atoms with van der Waals surface area (Å²) < 4.78 is 0. The summed E-state index contributed by atoms with van der Waals surface area (Å²) in [4.78, 5) is 29.1. The first kappa shape index (κ1) is 16.5. The molecule has 120 valence electrons. The molecule has 1 aromatic rings. The summed E-state index contributed by atoms with van der Waals surface area (Å²) >= 11 is 0. The summed E-state index contributed by atoms with van der Waals surface area (Å²) in [6.45, 7) is 10.1. The molecular formula is C18H26N2O2. The Morgan fingerprint density at radius 2 is 1.64 bits per heavy atom. The van der Waals surface area contributed by atoms with Crippen molar-refractivity contribution in [2.45, 2.75) is 46.8 Å². The number of nitrogens with zero attached hydrogens (tertiary/aromatic N) is 2. The molecule has 22 heavy (non-hydrogen) atoms. The van der Waals surface area contributed by atoms with E-state index in [2.05, 4.69) is 20.8 Å². The number of hydrogen-bond donors (Lipinski definition) is 0. The lowest BCUT2D eigenvalue weighted by Gasteiger charge is -2.53. The molecule has 2 rings (SSSR count). The minimum absolute atomic E-state index is 0.0146. The summed E-state index contributed by atoms with van der Waals surface area (Å²) in [6, 6.07) is 9.17. The predicted molar refractivity (Wildman–Crippen MR) is 87.3 cm³/mol. The van der Waals surface area contributed by atoms with Crippen LogP contribution in [0.15, 0.2) is 30.3 Å². The third-order valence-corrected chi connectivity index (χ3v) is 4.56. The van der Waals surface area contributed by atoms with Crippen LogP contribution in [0.3, 0.4) is 0 Å². The number of amides is 2. The van der Waals surface area contributed by atoms with Gasteiger partial charge in [0.1, 0.15) is 6.17 Å². The van der Waals surface area contributed by atoms with E-state index in [4.69, 9.17) is 0 Å². The molecule has 0 saturated carbocycles. The number of carbonyl (C=O) groups excluding carboxylic acids is 2.